The van der Waals surface area contributed by atoms with Crippen molar-refractivity contribution in [3.63, 3.8) is 0 Å². The second-order valence-electron chi connectivity index (χ2n) is 5.20. The lowest BCUT2D eigenvalue weighted by Gasteiger charge is -2.29. The lowest BCUT2D eigenvalue weighted by molar-refractivity contribution is 0.418. The first-order chi connectivity index (χ1) is 9.78. The van der Waals surface area contributed by atoms with Crippen LogP contribution in [0.5, 0.6) is 0 Å². The number of anilines is 1. The van der Waals surface area contributed by atoms with E-state index in [-0.39, 0.29) is 0 Å². The second-order valence-corrected chi connectivity index (χ2v) is 5.20. The molecule has 0 unspecified atom stereocenters. The van der Waals surface area contributed by atoms with Crippen molar-refractivity contribution in [1.29, 1.82) is 5.26 Å². The maximum absolute atomic E-state index is 9.25. The quantitative estimate of drug-likeness (QED) is 0.837. The minimum Gasteiger partial charge on any atom is -0.419 e. The highest BCUT2D eigenvalue weighted by atomic mass is 16.4. The molecule has 1 aliphatic rings. The maximum Gasteiger partial charge on any atom is 0.235 e. The van der Waals surface area contributed by atoms with Gasteiger partial charge in [-0.15, -0.1) is 0 Å². The van der Waals surface area contributed by atoms with Crippen LogP contribution < -0.4 is 4.90 Å². The highest BCUT2D eigenvalue weighted by Gasteiger charge is 2.24. The molecule has 3 heterocycles. The summed E-state index contributed by atoms with van der Waals surface area (Å²) in [5.74, 6) is 1.79. The average molecular weight is 268 g/mol. The number of nitrogens with zero attached hydrogens (tertiary/aromatic N) is 4. The van der Waals surface area contributed by atoms with Crippen molar-refractivity contribution in [2.75, 3.05) is 18.0 Å². The van der Waals surface area contributed by atoms with Crippen LogP contribution in [0, 0.1) is 17.2 Å². The molecule has 0 aromatic carbocycles. The number of pyridine rings is 1. The van der Waals surface area contributed by atoms with E-state index in [4.69, 9.17) is 4.42 Å². The van der Waals surface area contributed by atoms with Crippen molar-refractivity contribution >= 4 is 5.88 Å². The van der Waals surface area contributed by atoms with E-state index in [1.165, 1.54) is 0 Å². The summed E-state index contributed by atoms with van der Waals surface area (Å²) in [5, 5.41) is 9.25. The summed E-state index contributed by atoms with van der Waals surface area (Å²) in [7, 11) is 0. The van der Waals surface area contributed by atoms with Crippen LogP contribution in [0.2, 0.25) is 0 Å². The zero-order chi connectivity index (χ0) is 13.9. The summed E-state index contributed by atoms with van der Waals surface area (Å²) in [6.45, 7) is 4.08. The monoisotopic (exact) mass is 268 g/mol. The average Bonchev–Trinajstić information content (AvgIpc) is 2.93. The Morgan fingerprint density at radius 3 is 2.85 bits per heavy atom. The van der Waals surface area contributed by atoms with Crippen LogP contribution in [0.3, 0.4) is 0 Å². The van der Waals surface area contributed by atoms with Crippen LogP contribution in [0.1, 0.15) is 25.5 Å². The van der Waals surface area contributed by atoms with Gasteiger partial charge in [-0.2, -0.15) is 10.2 Å². The molecule has 0 amide bonds. The zero-order valence-corrected chi connectivity index (χ0v) is 11.4. The van der Waals surface area contributed by atoms with Gasteiger partial charge in [0.25, 0.3) is 0 Å². The van der Waals surface area contributed by atoms with Crippen LogP contribution >= 0.6 is 0 Å². The van der Waals surface area contributed by atoms with E-state index < -0.39 is 0 Å². The molecule has 0 radical (unpaired) electrons. The fourth-order valence-corrected chi connectivity index (χ4v) is 2.42. The summed E-state index contributed by atoms with van der Waals surface area (Å²) in [6, 6.07) is 5.83. The van der Waals surface area contributed by atoms with Crippen LogP contribution in [0.4, 0.5) is 5.88 Å². The van der Waals surface area contributed by atoms with E-state index in [9.17, 15) is 5.26 Å². The molecule has 0 atom stereocenters. The first-order valence-corrected chi connectivity index (χ1v) is 6.84. The standard InChI is InChI=1S/C15H16N4O/c1-11-4-7-19(8-5-11)15-13(9-16)18-14(20-15)12-3-2-6-17-10-12/h2-3,6,10-11H,4-5,7-8H2,1H3. The highest BCUT2D eigenvalue weighted by Crippen LogP contribution is 2.30. The molecule has 1 aliphatic heterocycles. The smallest absolute Gasteiger partial charge is 0.235 e. The molecular weight excluding hydrogens is 252 g/mol. The number of aromatic nitrogens is 2. The van der Waals surface area contributed by atoms with Crippen LogP contribution in [0.25, 0.3) is 11.5 Å². The second kappa shape index (κ2) is 5.33. The highest BCUT2D eigenvalue weighted by molar-refractivity contribution is 5.58. The molecule has 2 aromatic heterocycles. The fourth-order valence-electron chi connectivity index (χ4n) is 2.42. The number of nitriles is 1. The van der Waals surface area contributed by atoms with Gasteiger partial charge in [-0.1, -0.05) is 6.92 Å². The van der Waals surface area contributed by atoms with E-state index in [1.54, 1.807) is 12.4 Å². The molecule has 5 nitrogen and oxygen atoms in total. The third-order valence-corrected chi connectivity index (χ3v) is 3.69. The van der Waals surface area contributed by atoms with Gasteiger partial charge in [0.15, 0.2) is 0 Å². The van der Waals surface area contributed by atoms with Gasteiger partial charge in [0.2, 0.25) is 17.5 Å². The lowest BCUT2D eigenvalue weighted by atomic mass is 9.99. The summed E-state index contributed by atoms with van der Waals surface area (Å²) in [5.41, 5.74) is 1.15. The molecule has 20 heavy (non-hydrogen) atoms. The third-order valence-electron chi connectivity index (χ3n) is 3.69. The Hall–Kier alpha value is -2.35. The molecule has 3 rings (SSSR count). The molecule has 1 saturated heterocycles. The number of rotatable bonds is 2. The third kappa shape index (κ3) is 2.37. The first kappa shape index (κ1) is 12.7. The van der Waals surface area contributed by atoms with Gasteiger partial charge >= 0.3 is 0 Å². The van der Waals surface area contributed by atoms with Gasteiger partial charge < -0.3 is 9.32 Å². The zero-order valence-electron chi connectivity index (χ0n) is 11.4. The SMILES string of the molecule is CC1CCN(c2oc(-c3cccnc3)nc2C#N)CC1. The molecule has 0 N–H and O–H groups in total. The Bertz CT molecular complexity index is 621. The number of hydrogen-bond acceptors (Lipinski definition) is 5. The van der Waals surface area contributed by atoms with E-state index in [2.05, 4.69) is 27.9 Å². The van der Waals surface area contributed by atoms with Gasteiger partial charge in [-0.25, -0.2) is 0 Å². The van der Waals surface area contributed by atoms with Crippen LogP contribution in [-0.2, 0) is 0 Å². The predicted octanol–water partition coefficient (Wildman–Crippen LogP) is 2.84. The van der Waals surface area contributed by atoms with E-state index >= 15 is 0 Å². The van der Waals surface area contributed by atoms with Gasteiger partial charge in [-0.3, -0.25) is 4.98 Å². The van der Waals surface area contributed by atoms with Crippen molar-refractivity contribution in [2.24, 2.45) is 5.92 Å². The minimum atomic E-state index is 0.360. The van der Waals surface area contributed by atoms with Crippen molar-refractivity contribution < 1.29 is 4.42 Å². The Labute approximate surface area is 117 Å². The summed E-state index contributed by atoms with van der Waals surface area (Å²) >= 11 is 0. The fraction of sp³-hybridized carbons (Fsp3) is 0.400. The number of oxazole rings is 1. The van der Waals surface area contributed by atoms with E-state index in [1.807, 2.05) is 12.1 Å². The largest absolute Gasteiger partial charge is 0.419 e. The molecule has 102 valence electrons. The lowest BCUT2D eigenvalue weighted by Crippen LogP contribution is -2.32. The Kier molecular flexibility index (Phi) is 3.38. The van der Waals surface area contributed by atoms with E-state index in [0.29, 0.717) is 17.5 Å². The van der Waals surface area contributed by atoms with Crippen molar-refractivity contribution in [2.45, 2.75) is 19.8 Å². The molecular formula is C15H16N4O. The Morgan fingerprint density at radius 1 is 1.40 bits per heavy atom. The van der Waals surface area contributed by atoms with Gasteiger partial charge in [0.05, 0.1) is 5.56 Å². The van der Waals surface area contributed by atoms with Crippen LogP contribution in [0.15, 0.2) is 28.9 Å². The van der Waals surface area contributed by atoms with Crippen LogP contribution in [-0.4, -0.2) is 23.1 Å². The van der Waals surface area contributed by atoms with Crippen molar-refractivity contribution in [1.82, 2.24) is 9.97 Å². The van der Waals surface area contributed by atoms with Crippen molar-refractivity contribution in [3.05, 3.63) is 30.2 Å². The molecule has 0 bridgehead atoms. The van der Waals surface area contributed by atoms with Crippen molar-refractivity contribution in [3.8, 4) is 17.5 Å². The maximum atomic E-state index is 9.25. The number of piperidine rings is 1. The molecule has 2 aromatic rings. The Morgan fingerprint density at radius 2 is 2.20 bits per heavy atom. The molecule has 0 spiro atoms. The van der Waals surface area contributed by atoms with E-state index in [0.717, 1.165) is 37.4 Å². The molecule has 5 heteroatoms. The molecule has 0 saturated carbocycles. The van der Waals surface area contributed by atoms with Gasteiger partial charge in [0.1, 0.15) is 6.07 Å². The summed E-state index contributed by atoms with van der Waals surface area (Å²) in [6.07, 6.45) is 5.63. The normalized spacial score (nSPS) is 16.1. The number of hydrogen-bond donors (Lipinski definition) is 0. The van der Waals surface area contributed by atoms with Gasteiger partial charge in [-0.05, 0) is 30.9 Å². The molecule has 0 aliphatic carbocycles. The topological polar surface area (TPSA) is 66.0 Å². The predicted molar refractivity (Wildman–Crippen MR) is 75.1 cm³/mol. The van der Waals surface area contributed by atoms with Gasteiger partial charge in [0, 0.05) is 25.5 Å². The Balaban J connectivity index is 1.92. The first-order valence-electron chi connectivity index (χ1n) is 6.84. The minimum absolute atomic E-state index is 0.360. The summed E-state index contributed by atoms with van der Waals surface area (Å²) < 4.78 is 5.82. The molecule has 1 fully saturated rings. The summed E-state index contributed by atoms with van der Waals surface area (Å²) in [4.78, 5) is 10.5.